The molecule has 2 rings (SSSR count). The van der Waals surface area contributed by atoms with Crippen molar-refractivity contribution in [3.8, 4) is 5.75 Å². The largest absolute Gasteiger partial charge is 0.494 e. The molecule has 1 aromatic heterocycles. The highest BCUT2D eigenvalue weighted by Crippen LogP contribution is 2.26. The summed E-state index contributed by atoms with van der Waals surface area (Å²) in [5.41, 5.74) is 6.41. The molecule has 2 aromatic rings. The van der Waals surface area contributed by atoms with Crippen LogP contribution in [0.4, 0.5) is 10.2 Å². The van der Waals surface area contributed by atoms with Crippen molar-refractivity contribution >= 4 is 5.82 Å². The number of aromatic nitrogens is 2. The highest BCUT2D eigenvalue weighted by Gasteiger charge is 2.17. The maximum atomic E-state index is 13.9. The molecular weight excluding hydrogens is 237 g/mol. The van der Waals surface area contributed by atoms with Gasteiger partial charge in [0.25, 0.3) is 0 Å². The summed E-state index contributed by atoms with van der Waals surface area (Å²) >= 11 is 0. The number of methoxy groups -OCH3 is 1. The standard InChI is InChI=1S/C12H14FN3O2/c1-18-10-4-2-3-7(11(10)13)5-9(17)8-6-15-16-12(8)14/h2-4,6,9,17H,5H2,1H3,(H3,14,15,16). The van der Waals surface area contributed by atoms with E-state index in [1.165, 1.54) is 19.4 Å². The smallest absolute Gasteiger partial charge is 0.168 e. The first-order chi connectivity index (χ1) is 8.63. The van der Waals surface area contributed by atoms with Crippen molar-refractivity contribution in [3.63, 3.8) is 0 Å². The van der Waals surface area contributed by atoms with Gasteiger partial charge in [-0.1, -0.05) is 12.1 Å². The highest BCUT2D eigenvalue weighted by atomic mass is 19.1. The molecule has 0 radical (unpaired) electrons. The average Bonchev–Trinajstić information content (AvgIpc) is 2.78. The summed E-state index contributed by atoms with van der Waals surface area (Å²) in [5, 5.41) is 16.2. The molecule has 0 aliphatic carbocycles. The van der Waals surface area contributed by atoms with Crippen LogP contribution in [0.15, 0.2) is 24.4 Å². The lowest BCUT2D eigenvalue weighted by molar-refractivity contribution is 0.177. The van der Waals surface area contributed by atoms with E-state index in [-0.39, 0.29) is 18.0 Å². The van der Waals surface area contributed by atoms with E-state index < -0.39 is 11.9 Å². The van der Waals surface area contributed by atoms with E-state index in [1.54, 1.807) is 12.1 Å². The van der Waals surface area contributed by atoms with Crippen LogP contribution in [0.25, 0.3) is 0 Å². The predicted molar refractivity (Wildman–Crippen MR) is 64.6 cm³/mol. The number of hydrogen-bond donors (Lipinski definition) is 3. The molecule has 0 spiro atoms. The van der Waals surface area contributed by atoms with E-state index in [0.717, 1.165) is 0 Å². The number of nitrogens with zero attached hydrogens (tertiary/aromatic N) is 1. The van der Waals surface area contributed by atoms with Crippen LogP contribution in [0.5, 0.6) is 5.75 Å². The minimum absolute atomic E-state index is 0.104. The molecule has 0 bridgehead atoms. The average molecular weight is 251 g/mol. The summed E-state index contributed by atoms with van der Waals surface area (Å²) in [5.74, 6) is -0.0354. The molecule has 96 valence electrons. The molecule has 1 heterocycles. The Balaban J connectivity index is 2.22. The molecule has 0 saturated carbocycles. The zero-order chi connectivity index (χ0) is 13.1. The summed E-state index contributed by atoms with van der Waals surface area (Å²) in [6, 6.07) is 4.79. The SMILES string of the molecule is COc1cccc(CC(O)c2cn[nH]c2N)c1F. The second kappa shape index (κ2) is 5.05. The number of nitrogens with one attached hydrogen (secondary N) is 1. The maximum Gasteiger partial charge on any atom is 0.168 e. The van der Waals surface area contributed by atoms with Crippen LogP contribution in [-0.2, 0) is 6.42 Å². The molecule has 6 heteroatoms. The number of halogens is 1. The van der Waals surface area contributed by atoms with E-state index >= 15 is 0 Å². The van der Waals surface area contributed by atoms with E-state index in [0.29, 0.717) is 11.1 Å². The van der Waals surface area contributed by atoms with Gasteiger partial charge < -0.3 is 15.6 Å². The van der Waals surface area contributed by atoms with Crippen molar-refractivity contribution < 1.29 is 14.2 Å². The molecule has 0 amide bonds. The first-order valence-corrected chi connectivity index (χ1v) is 5.41. The van der Waals surface area contributed by atoms with Crippen molar-refractivity contribution in [2.24, 2.45) is 0 Å². The van der Waals surface area contributed by atoms with Gasteiger partial charge in [0.05, 0.1) is 19.4 Å². The third kappa shape index (κ3) is 2.28. The van der Waals surface area contributed by atoms with Crippen LogP contribution in [0.1, 0.15) is 17.2 Å². The normalized spacial score (nSPS) is 12.4. The summed E-state index contributed by atoms with van der Waals surface area (Å²) < 4.78 is 18.8. The Kier molecular flexibility index (Phi) is 3.47. The number of aliphatic hydroxyl groups is 1. The number of nitrogen functional groups attached to an aromatic ring is 1. The monoisotopic (exact) mass is 251 g/mol. The van der Waals surface area contributed by atoms with Gasteiger partial charge >= 0.3 is 0 Å². The number of nitrogens with two attached hydrogens (primary N) is 1. The van der Waals surface area contributed by atoms with Crippen molar-refractivity contribution in [1.29, 1.82) is 0 Å². The van der Waals surface area contributed by atoms with Gasteiger partial charge in [0.15, 0.2) is 11.6 Å². The van der Waals surface area contributed by atoms with Crippen LogP contribution in [0, 0.1) is 5.82 Å². The number of hydrogen-bond acceptors (Lipinski definition) is 4. The Bertz CT molecular complexity index is 542. The second-order valence-corrected chi connectivity index (χ2v) is 3.89. The molecule has 5 nitrogen and oxygen atoms in total. The number of rotatable bonds is 4. The molecule has 1 aromatic carbocycles. The molecule has 1 unspecified atom stereocenters. The minimum Gasteiger partial charge on any atom is -0.494 e. The molecule has 0 saturated heterocycles. The third-order valence-electron chi connectivity index (χ3n) is 2.74. The zero-order valence-electron chi connectivity index (χ0n) is 9.85. The van der Waals surface area contributed by atoms with Gasteiger partial charge in [-0.25, -0.2) is 4.39 Å². The first kappa shape index (κ1) is 12.4. The Labute approximate surface area is 103 Å². The summed E-state index contributed by atoms with van der Waals surface area (Å²) in [7, 11) is 1.40. The summed E-state index contributed by atoms with van der Waals surface area (Å²) in [6.07, 6.45) is 0.621. The van der Waals surface area contributed by atoms with Crippen molar-refractivity contribution in [2.45, 2.75) is 12.5 Å². The van der Waals surface area contributed by atoms with Gasteiger partial charge in [-0.05, 0) is 11.6 Å². The van der Waals surface area contributed by atoms with Crippen LogP contribution < -0.4 is 10.5 Å². The topological polar surface area (TPSA) is 84.2 Å². The molecule has 0 aliphatic rings. The van der Waals surface area contributed by atoms with Gasteiger partial charge in [0.1, 0.15) is 5.82 Å². The molecule has 1 atom stereocenters. The Hall–Kier alpha value is -2.08. The number of aliphatic hydroxyl groups excluding tert-OH is 1. The Morgan fingerprint density at radius 3 is 2.94 bits per heavy atom. The van der Waals surface area contributed by atoms with E-state index in [9.17, 15) is 9.50 Å². The fourth-order valence-corrected chi connectivity index (χ4v) is 1.76. The lowest BCUT2D eigenvalue weighted by atomic mass is 10.0. The van der Waals surface area contributed by atoms with E-state index in [2.05, 4.69) is 10.2 Å². The second-order valence-electron chi connectivity index (χ2n) is 3.89. The van der Waals surface area contributed by atoms with Gasteiger partial charge in [0, 0.05) is 12.0 Å². The van der Waals surface area contributed by atoms with Crippen molar-refractivity contribution in [3.05, 3.63) is 41.3 Å². The van der Waals surface area contributed by atoms with Crippen molar-refractivity contribution in [1.82, 2.24) is 10.2 Å². The third-order valence-corrected chi connectivity index (χ3v) is 2.74. The molecule has 18 heavy (non-hydrogen) atoms. The highest BCUT2D eigenvalue weighted by molar-refractivity contribution is 5.40. The lowest BCUT2D eigenvalue weighted by Crippen LogP contribution is -2.06. The number of H-pyrrole nitrogens is 1. The molecule has 0 aliphatic heterocycles. The quantitative estimate of drug-likeness (QED) is 0.767. The fraction of sp³-hybridized carbons (Fsp3) is 0.250. The number of anilines is 1. The molecule has 4 N–H and O–H groups in total. The Morgan fingerprint density at radius 2 is 2.33 bits per heavy atom. The summed E-state index contributed by atoms with van der Waals surface area (Å²) in [4.78, 5) is 0. The van der Waals surface area contributed by atoms with Gasteiger partial charge in [-0.15, -0.1) is 0 Å². The van der Waals surface area contributed by atoms with Gasteiger partial charge in [-0.2, -0.15) is 5.10 Å². The fourth-order valence-electron chi connectivity index (χ4n) is 1.76. The van der Waals surface area contributed by atoms with Crippen LogP contribution in [0.2, 0.25) is 0 Å². The number of ether oxygens (including phenoxy) is 1. The minimum atomic E-state index is -0.912. The van der Waals surface area contributed by atoms with Crippen LogP contribution >= 0.6 is 0 Å². The van der Waals surface area contributed by atoms with Crippen LogP contribution in [0.3, 0.4) is 0 Å². The molecular formula is C12H14FN3O2. The van der Waals surface area contributed by atoms with Gasteiger partial charge in [0.2, 0.25) is 0 Å². The lowest BCUT2D eigenvalue weighted by Gasteiger charge is -2.11. The van der Waals surface area contributed by atoms with E-state index in [4.69, 9.17) is 10.5 Å². The van der Waals surface area contributed by atoms with Crippen LogP contribution in [-0.4, -0.2) is 22.4 Å². The summed E-state index contributed by atoms with van der Waals surface area (Å²) in [6.45, 7) is 0. The van der Waals surface area contributed by atoms with Gasteiger partial charge in [-0.3, -0.25) is 5.10 Å². The number of benzene rings is 1. The number of aromatic amines is 1. The zero-order valence-corrected chi connectivity index (χ0v) is 9.85. The predicted octanol–water partition coefficient (Wildman–Crippen LogP) is 1.42. The van der Waals surface area contributed by atoms with Crippen molar-refractivity contribution in [2.75, 3.05) is 12.8 Å². The van der Waals surface area contributed by atoms with E-state index in [1.807, 2.05) is 0 Å². The first-order valence-electron chi connectivity index (χ1n) is 5.41. The Morgan fingerprint density at radius 1 is 1.56 bits per heavy atom. The molecule has 0 fully saturated rings. The maximum absolute atomic E-state index is 13.9.